The number of hydrogen-bond acceptors (Lipinski definition) is 3. The van der Waals surface area contributed by atoms with E-state index in [4.69, 9.17) is 5.73 Å². The summed E-state index contributed by atoms with van der Waals surface area (Å²) in [5.41, 5.74) is 5.66. The fraction of sp³-hybridized carbons (Fsp3) is 0.923. The van der Waals surface area contributed by atoms with E-state index < -0.39 is 0 Å². The van der Waals surface area contributed by atoms with Gasteiger partial charge in [0.15, 0.2) is 0 Å². The quantitative estimate of drug-likeness (QED) is 0.733. The topological polar surface area (TPSA) is 49.6 Å². The zero-order valence-corrected chi connectivity index (χ0v) is 12.3. The van der Waals surface area contributed by atoms with E-state index in [1.807, 2.05) is 20.9 Å². The average Bonchev–Trinajstić information content (AvgIpc) is 2.27. The van der Waals surface area contributed by atoms with E-state index in [1.165, 1.54) is 0 Å². The lowest BCUT2D eigenvalue weighted by Crippen LogP contribution is -2.53. The van der Waals surface area contributed by atoms with Crippen molar-refractivity contribution in [1.29, 1.82) is 0 Å². The first-order valence-corrected chi connectivity index (χ1v) is 6.47. The van der Waals surface area contributed by atoms with Crippen molar-refractivity contribution < 1.29 is 4.79 Å². The molecule has 0 aliphatic carbocycles. The standard InChI is InChI=1S/C13H29N3O/c1-7-8-16(13(4,5)10-14)9-12(17)15(6)11(2)3/h11H,7-10,14H2,1-6H3. The highest BCUT2D eigenvalue weighted by atomic mass is 16.2. The monoisotopic (exact) mass is 243 g/mol. The van der Waals surface area contributed by atoms with Gasteiger partial charge in [0.25, 0.3) is 0 Å². The van der Waals surface area contributed by atoms with Crippen LogP contribution in [0.1, 0.15) is 41.0 Å². The minimum Gasteiger partial charge on any atom is -0.342 e. The van der Waals surface area contributed by atoms with Gasteiger partial charge in [0.1, 0.15) is 0 Å². The van der Waals surface area contributed by atoms with Gasteiger partial charge in [0.2, 0.25) is 5.91 Å². The van der Waals surface area contributed by atoms with Gasteiger partial charge in [0.05, 0.1) is 6.54 Å². The van der Waals surface area contributed by atoms with Gasteiger partial charge in [-0.25, -0.2) is 0 Å². The molecular formula is C13H29N3O. The smallest absolute Gasteiger partial charge is 0.236 e. The molecule has 0 atom stereocenters. The van der Waals surface area contributed by atoms with Gasteiger partial charge < -0.3 is 10.6 Å². The van der Waals surface area contributed by atoms with E-state index in [0.29, 0.717) is 13.1 Å². The third-order valence-electron chi connectivity index (χ3n) is 3.34. The van der Waals surface area contributed by atoms with Crippen molar-refractivity contribution in [2.75, 3.05) is 26.7 Å². The summed E-state index contributed by atoms with van der Waals surface area (Å²) in [7, 11) is 1.85. The van der Waals surface area contributed by atoms with Gasteiger partial charge in [-0.15, -0.1) is 0 Å². The van der Waals surface area contributed by atoms with Crippen LogP contribution in [0.5, 0.6) is 0 Å². The SMILES string of the molecule is CCCN(CC(=O)N(C)C(C)C)C(C)(C)CN. The number of likely N-dealkylation sites (N-methyl/N-ethyl adjacent to an activating group) is 1. The molecule has 102 valence electrons. The molecule has 4 nitrogen and oxygen atoms in total. The zero-order valence-electron chi connectivity index (χ0n) is 12.3. The van der Waals surface area contributed by atoms with Crippen molar-refractivity contribution in [2.45, 2.75) is 52.6 Å². The van der Waals surface area contributed by atoms with E-state index in [9.17, 15) is 4.79 Å². The third kappa shape index (κ3) is 5.04. The van der Waals surface area contributed by atoms with Crippen LogP contribution in [0.25, 0.3) is 0 Å². The van der Waals surface area contributed by atoms with E-state index in [2.05, 4.69) is 25.7 Å². The second-order valence-corrected chi connectivity index (χ2v) is 5.54. The predicted molar refractivity (Wildman–Crippen MR) is 72.9 cm³/mol. The molecule has 4 heteroatoms. The minimum atomic E-state index is -0.122. The number of nitrogens with zero attached hydrogens (tertiary/aromatic N) is 2. The summed E-state index contributed by atoms with van der Waals surface area (Å²) in [5, 5.41) is 0. The molecule has 0 saturated heterocycles. The normalized spacial score (nSPS) is 12.3. The van der Waals surface area contributed by atoms with E-state index in [0.717, 1.165) is 13.0 Å². The lowest BCUT2D eigenvalue weighted by atomic mass is 10.0. The summed E-state index contributed by atoms with van der Waals surface area (Å²) < 4.78 is 0. The number of carbonyl (C=O) groups excluding carboxylic acids is 1. The number of nitrogens with two attached hydrogens (primary N) is 1. The van der Waals surface area contributed by atoms with E-state index in [1.54, 1.807) is 4.90 Å². The molecule has 0 rings (SSSR count). The number of amides is 1. The van der Waals surface area contributed by atoms with Crippen LogP contribution in [0.2, 0.25) is 0 Å². The van der Waals surface area contributed by atoms with Crippen molar-refractivity contribution in [2.24, 2.45) is 5.73 Å². The van der Waals surface area contributed by atoms with Gasteiger partial charge >= 0.3 is 0 Å². The van der Waals surface area contributed by atoms with Crippen LogP contribution in [-0.2, 0) is 4.79 Å². The van der Waals surface area contributed by atoms with Gasteiger partial charge in [-0.05, 0) is 40.7 Å². The largest absolute Gasteiger partial charge is 0.342 e. The highest BCUT2D eigenvalue weighted by Crippen LogP contribution is 2.13. The second kappa shape index (κ2) is 6.97. The summed E-state index contributed by atoms with van der Waals surface area (Å²) in [4.78, 5) is 16.0. The average molecular weight is 243 g/mol. The first kappa shape index (κ1) is 16.4. The third-order valence-corrected chi connectivity index (χ3v) is 3.34. The second-order valence-electron chi connectivity index (χ2n) is 5.54. The zero-order chi connectivity index (χ0) is 13.6. The minimum absolute atomic E-state index is 0.122. The van der Waals surface area contributed by atoms with Crippen LogP contribution in [0.15, 0.2) is 0 Å². The van der Waals surface area contributed by atoms with Gasteiger partial charge in [0, 0.05) is 25.2 Å². The van der Waals surface area contributed by atoms with Crippen molar-refractivity contribution in [3.05, 3.63) is 0 Å². The fourth-order valence-electron chi connectivity index (χ4n) is 1.56. The maximum absolute atomic E-state index is 12.1. The Morgan fingerprint density at radius 1 is 1.35 bits per heavy atom. The van der Waals surface area contributed by atoms with Crippen LogP contribution in [-0.4, -0.2) is 54.0 Å². The van der Waals surface area contributed by atoms with Gasteiger partial charge in [-0.3, -0.25) is 9.69 Å². The molecule has 0 heterocycles. The molecule has 0 aromatic carbocycles. The molecule has 0 fully saturated rings. The molecule has 2 N–H and O–H groups in total. The number of hydrogen-bond donors (Lipinski definition) is 1. The Kier molecular flexibility index (Phi) is 6.72. The maximum Gasteiger partial charge on any atom is 0.236 e. The molecule has 1 amide bonds. The molecule has 0 radical (unpaired) electrons. The van der Waals surface area contributed by atoms with E-state index >= 15 is 0 Å². The molecule has 0 bridgehead atoms. The predicted octanol–water partition coefficient (Wildman–Crippen LogP) is 1.30. The van der Waals surface area contributed by atoms with Crippen LogP contribution in [0, 0.1) is 0 Å². The maximum atomic E-state index is 12.1. The highest BCUT2D eigenvalue weighted by Gasteiger charge is 2.27. The fourth-order valence-corrected chi connectivity index (χ4v) is 1.56. The molecule has 0 aromatic heterocycles. The Morgan fingerprint density at radius 2 is 1.88 bits per heavy atom. The van der Waals surface area contributed by atoms with Crippen molar-refractivity contribution in [1.82, 2.24) is 9.80 Å². The first-order chi connectivity index (χ1) is 7.76. The number of rotatable bonds is 7. The van der Waals surface area contributed by atoms with Crippen LogP contribution >= 0.6 is 0 Å². The Labute approximate surface area is 106 Å². The number of carbonyl (C=O) groups is 1. The summed E-state index contributed by atoms with van der Waals surface area (Å²) >= 11 is 0. The Morgan fingerprint density at radius 3 is 2.24 bits per heavy atom. The van der Waals surface area contributed by atoms with Crippen LogP contribution in [0.4, 0.5) is 0 Å². The molecule has 0 aromatic rings. The molecule has 0 aliphatic rings. The van der Waals surface area contributed by atoms with E-state index in [-0.39, 0.29) is 17.5 Å². The molecule has 17 heavy (non-hydrogen) atoms. The van der Waals surface area contributed by atoms with Gasteiger partial charge in [-0.1, -0.05) is 6.92 Å². The Balaban J connectivity index is 4.61. The Bertz CT molecular complexity index is 239. The Hall–Kier alpha value is -0.610. The summed E-state index contributed by atoms with van der Waals surface area (Å²) in [6, 6.07) is 0.243. The summed E-state index contributed by atoms with van der Waals surface area (Å²) in [6.45, 7) is 12.3. The molecule has 0 saturated carbocycles. The van der Waals surface area contributed by atoms with Crippen LogP contribution in [0.3, 0.4) is 0 Å². The summed E-state index contributed by atoms with van der Waals surface area (Å²) in [5.74, 6) is 0.162. The molecule has 0 aliphatic heterocycles. The lowest BCUT2D eigenvalue weighted by Gasteiger charge is -2.38. The van der Waals surface area contributed by atoms with Crippen molar-refractivity contribution >= 4 is 5.91 Å². The van der Waals surface area contributed by atoms with Crippen molar-refractivity contribution in [3.8, 4) is 0 Å². The van der Waals surface area contributed by atoms with Crippen LogP contribution < -0.4 is 5.73 Å². The first-order valence-electron chi connectivity index (χ1n) is 6.47. The van der Waals surface area contributed by atoms with Gasteiger partial charge in [-0.2, -0.15) is 0 Å². The lowest BCUT2D eigenvalue weighted by molar-refractivity contribution is -0.134. The molecule has 0 unspecified atom stereocenters. The molecule has 0 spiro atoms. The molecular weight excluding hydrogens is 214 g/mol. The summed E-state index contributed by atoms with van der Waals surface area (Å²) in [6.07, 6.45) is 1.03. The van der Waals surface area contributed by atoms with Crippen molar-refractivity contribution in [3.63, 3.8) is 0 Å². The highest BCUT2D eigenvalue weighted by molar-refractivity contribution is 5.78.